The number of carbonyl (C=O) groups is 5. The smallest absolute Gasteiger partial charge is 0.477 e. The number of fused-ring (bicyclic) bond motifs is 1. The summed E-state index contributed by atoms with van der Waals surface area (Å²) in [6.45, 7) is 0. The number of primary amides is 1. The van der Waals surface area contributed by atoms with Crippen LogP contribution in [0, 0.1) is 0 Å². The maximum absolute atomic E-state index is 12.7. The van der Waals surface area contributed by atoms with Gasteiger partial charge in [-0.25, -0.2) is 14.6 Å². The van der Waals surface area contributed by atoms with Crippen LogP contribution in [0.2, 0.25) is 0 Å². The number of carbonyl (C=O) groups excluding carboxylic acids is 3. The zero-order valence-electron chi connectivity index (χ0n) is 18.8. The van der Waals surface area contributed by atoms with E-state index in [9.17, 15) is 37.5 Å². The van der Waals surface area contributed by atoms with Crippen molar-refractivity contribution < 1.29 is 52.2 Å². The molecule has 2 atom stereocenters. The number of rotatable bonds is 7. The summed E-state index contributed by atoms with van der Waals surface area (Å²) in [7, 11) is 1.23. The van der Waals surface area contributed by atoms with Crippen LogP contribution in [0.15, 0.2) is 26.2 Å². The Morgan fingerprint density at radius 3 is 2.29 bits per heavy atom. The Kier molecular flexibility index (Phi) is 9.24. The SMILES string of the molecule is CON=C(C(=O)NC1C(=O)N2C(C(=O)O)=C(C(=NN)C(N)=O)SCC12)c1csc(N)n1.O=C(O)C(F)(F)F. The predicted octanol–water partition coefficient (Wildman–Crippen LogP) is -1.75. The molecule has 38 heavy (non-hydrogen) atoms. The van der Waals surface area contributed by atoms with E-state index in [0.717, 1.165) is 28.0 Å². The summed E-state index contributed by atoms with van der Waals surface area (Å²) in [5.41, 5.74) is 9.78. The minimum absolute atomic E-state index is 0.128. The number of nitrogen functional groups attached to an aromatic ring is 1. The summed E-state index contributed by atoms with van der Waals surface area (Å²) in [5.74, 6) is -1.43. The van der Waals surface area contributed by atoms with Crippen LogP contribution in [-0.4, -0.2) is 92.3 Å². The number of nitrogens with zero attached hydrogens (tertiary/aromatic N) is 4. The summed E-state index contributed by atoms with van der Waals surface area (Å²) >= 11 is 2.02. The normalized spacial score (nSPS) is 19.5. The Morgan fingerprint density at radius 2 is 1.87 bits per heavy atom. The van der Waals surface area contributed by atoms with Gasteiger partial charge in [-0.2, -0.15) is 18.3 Å². The Morgan fingerprint density at radius 1 is 1.26 bits per heavy atom. The summed E-state index contributed by atoms with van der Waals surface area (Å²) in [6, 6.07) is -1.74. The number of β-lactam (4-membered cyclic amide) rings is 1. The van der Waals surface area contributed by atoms with Gasteiger partial charge in [-0.1, -0.05) is 5.16 Å². The molecule has 2 aliphatic heterocycles. The fourth-order valence-corrected chi connectivity index (χ4v) is 4.85. The fraction of sp³-hybridized carbons (Fsp3) is 0.294. The van der Waals surface area contributed by atoms with Gasteiger partial charge >= 0.3 is 18.1 Å². The lowest BCUT2D eigenvalue weighted by molar-refractivity contribution is -0.192. The van der Waals surface area contributed by atoms with Crippen LogP contribution in [0.5, 0.6) is 0 Å². The minimum Gasteiger partial charge on any atom is -0.477 e. The molecular weight excluding hydrogens is 565 g/mol. The van der Waals surface area contributed by atoms with Gasteiger partial charge in [0.15, 0.2) is 16.6 Å². The molecule has 21 heteroatoms. The van der Waals surface area contributed by atoms with Crippen LogP contribution in [0.3, 0.4) is 0 Å². The van der Waals surface area contributed by atoms with E-state index in [1.807, 2.05) is 0 Å². The number of hydrogen-bond donors (Lipinski definition) is 6. The maximum Gasteiger partial charge on any atom is 0.490 e. The van der Waals surface area contributed by atoms with Gasteiger partial charge in [0.05, 0.1) is 10.9 Å². The molecule has 1 fully saturated rings. The van der Waals surface area contributed by atoms with Crippen molar-refractivity contribution >= 4 is 69.3 Å². The molecular formula is C17H17F3N8O8S2. The standard InChI is InChI=1S/C15H16N8O6S2.C2HF3O2/c1-29-22-6(4-2-31-15(17)19-4)12(25)20-7-5-3-30-10(8(21-18)11(16)24)9(14(27)28)23(5)13(7)26;3-2(4,5)1(6)7/h2,5,7H,3,18H2,1H3,(H2,16,24)(H2,17,19)(H,20,25)(H,27,28);(H,6,7). The van der Waals surface area contributed by atoms with E-state index in [1.165, 1.54) is 12.5 Å². The van der Waals surface area contributed by atoms with E-state index in [2.05, 4.69) is 25.4 Å². The topological polar surface area (TPSA) is 266 Å². The highest BCUT2D eigenvalue weighted by molar-refractivity contribution is 8.04. The van der Waals surface area contributed by atoms with E-state index in [1.54, 1.807) is 0 Å². The minimum atomic E-state index is -5.08. The summed E-state index contributed by atoms with van der Waals surface area (Å²) < 4.78 is 31.7. The zero-order chi connectivity index (χ0) is 28.9. The maximum atomic E-state index is 12.7. The van der Waals surface area contributed by atoms with Crippen molar-refractivity contribution in [2.45, 2.75) is 18.3 Å². The van der Waals surface area contributed by atoms with Crippen molar-refractivity contribution in [2.75, 3.05) is 18.6 Å². The first kappa shape index (κ1) is 29.8. The molecule has 9 N–H and O–H groups in total. The number of aromatic nitrogens is 1. The van der Waals surface area contributed by atoms with Crippen LogP contribution >= 0.6 is 23.1 Å². The second-order valence-corrected chi connectivity index (χ2v) is 8.78. The Hall–Kier alpha value is -4.40. The Bertz CT molecular complexity index is 1260. The van der Waals surface area contributed by atoms with Crippen molar-refractivity contribution in [3.63, 3.8) is 0 Å². The molecule has 0 saturated carbocycles. The highest BCUT2D eigenvalue weighted by atomic mass is 32.2. The largest absolute Gasteiger partial charge is 0.490 e. The molecule has 16 nitrogen and oxygen atoms in total. The van der Waals surface area contributed by atoms with Crippen LogP contribution in [0.1, 0.15) is 5.69 Å². The van der Waals surface area contributed by atoms with Gasteiger partial charge in [0.2, 0.25) is 0 Å². The van der Waals surface area contributed by atoms with Crippen molar-refractivity contribution in [3.05, 3.63) is 21.7 Å². The average Bonchev–Trinajstić information content (AvgIpc) is 3.25. The first-order chi connectivity index (χ1) is 17.6. The lowest BCUT2D eigenvalue weighted by Crippen LogP contribution is -2.73. The lowest BCUT2D eigenvalue weighted by atomic mass is 9.94. The van der Waals surface area contributed by atoms with Crippen LogP contribution < -0.4 is 22.6 Å². The predicted molar refractivity (Wildman–Crippen MR) is 124 cm³/mol. The molecule has 3 rings (SSSR count). The summed E-state index contributed by atoms with van der Waals surface area (Å²) in [4.78, 5) is 67.1. The van der Waals surface area contributed by atoms with Gasteiger partial charge in [-0.05, 0) is 0 Å². The first-order valence-corrected chi connectivity index (χ1v) is 11.5. The molecule has 1 aromatic heterocycles. The van der Waals surface area contributed by atoms with Crippen molar-refractivity contribution in [1.29, 1.82) is 0 Å². The van der Waals surface area contributed by atoms with Crippen molar-refractivity contribution in [3.8, 4) is 0 Å². The number of thioether (sulfide) groups is 1. The molecule has 2 aliphatic rings. The number of nitrogens with two attached hydrogens (primary N) is 3. The second kappa shape index (κ2) is 11.8. The number of halogens is 3. The van der Waals surface area contributed by atoms with E-state index >= 15 is 0 Å². The third-order valence-corrected chi connectivity index (χ3v) is 6.40. The monoisotopic (exact) mass is 582 g/mol. The third kappa shape index (κ3) is 6.29. The van der Waals surface area contributed by atoms with Crippen LogP contribution in [-0.2, 0) is 28.8 Å². The number of hydrazone groups is 1. The Balaban J connectivity index is 0.000000638. The van der Waals surface area contributed by atoms with Crippen LogP contribution in [0.4, 0.5) is 18.3 Å². The summed E-state index contributed by atoms with van der Waals surface area (Å²) in [5, 5.41) is 27.8. The molecule has 1 aromatic rings. The molecule has 0 spiro atoms. The van der Waals surface area contributed by atoms with E-state index in [-0.39, 0.29) is 27.2 Å². The molecule has 0 aromatic carbocycles. The number of anilines is 1. The van der Waals surface area contributed by atoms with E-state index in [4.69, 9.17) is 27.2 Å². The number of aliphatic carboxylic acids is 2. The number of alkyl halides is 3. The second-order valence-electron chi connectivity index (χ2n) is 6.86. The van der Waals surface area contributed by atoms with Gasteiger partial charge in [0.25, 0.3) is 17.7 Å². The van der Waals surface area contributed by atoms with E-state index < -0.39 is 59.3 Å². The number of amides is 3. The highest BCUT2D eigenvalue weighted by Gasteiger charge is 2.55. The van der Waals surface area contributed by atoms with Crippen molar-refractivity contribution in [2.24, 2.45) is 21.8 Å². The van der Waals surface area contributed by atoms with Crippen molar-refractivity contribution in [1.82, 2.24) is 15.2 Å². The average molecular weight is 582 g/mol. The Labute approximate surface area is 217 Å². The quantitative estimate of drug-likeness (QED) is 0.0904. The molecule has 0 aliphatic carbocycles. The summed E-state index contributed by atoms with van der Waals surface area (Å²) in [6.07, 6.45) is -5.08. The molecule has 3 amide bonds. The van der Waals surface area contributed by atoms with Gasteiger partial charge in [0.1, 0.15) is 24.5 Å². The fourth-order valence-electron chi connectivity index (χ4n) is 3.01. The molecule has 2 unspecified atom stereocenters. The number of nitrogens with one attached hydrogen (secondary N) is 1. The number of hydrogen-bond acceptors (Lipinski definition) is 13. The first-order valence-electron chi connectivity index (χ1n) is 9.60. The zero-order valence-corrected chi connectivity index (χ0v) is 20.4. The molecule has 1 saturated heterocycles. The third-order valence-electron chi connectivity index (χ3n) is 4.55. The number of carboxylic acids is 2. The highest BCUT2D eigenvalue weighted by Crippen LogP contribution is 2.39. The van der Waals surface area contributed by atoms with Gasteiger partial charge < -0.3 is 37.7 Å². The molecule has 206 valence electrons. The molecule has 3 heterocycles. The van der Waals surface area contributed by atoms with E-state index in [0.29, 0.717) is 0 Å². The van der Waals surface area contributed by atoms with Crippen LogP contribution in [0.25, 0.3) is 0 Å². The number of thiazole rings is 1. The number of oxime groups is 1. The van der Waals surface area contributed by atoms with Gasteiger partial charge in [0, 0.05) is 11.1 Å². The van der Waals surface area contributed by atoms with Gasteiger partial charge in [-0.3, -0.25) is 19.3 Å². The number of carboxylic acid groups (broad SMARTS) is 2. The van der Waals surface area contributed by atoms with Gasteiger partial charge in [-0.15, -0.1) is 23.1 Å². The molecule has 0 bridgehead atoms. The molecule has 0 radical (unpaired) electrons. The lowest BCUT2D eigenvalue weighted by Gasteiger charge is -2.49.